The second-order valence-electron chi connectivity index (χ2n) is 3.99. The van der Waals surface area contributed by atoms with Gasteiger partial charge >= 0.3 is 5.97 Å². The van der Waals surface area contributed by atoms with Crippen molar-refractivity contribution in [2.24, 2.45) is 0 Å². The fourth-order valence-electron chi connectivity index (χ4n) is 1.65. The SMILES string of the molecule is COC(=O)c1cc(Br)cc(Br)c1NC(=O)c1cc(Br)c[nH]1. The van der Waals surface area contributed by atoms with Crippen LogP contribution in [0.5, 0.6) is 0 Å². The van der Waals surface area contributed by atoms with Crippen molar-refractivity contribution in [3.05, 3.63) is 49.1 Å². The van der Waals surface area contributed by atoms with Gasteiger partial charge in [0.2, 0.25) is 0 Å². The number of rotatable bonds is 3. The van der Waals surface area contributed by atoms with E-state index in [2.05, 4.69) is 58.1 Å². The fourth-order valence-corrected chi connectivity index (χ4v) is 3.32. The van der Waals surface area contributed by atoms with Crippen molar-refractivity contribution in [3.63, 3.8) is 0 Å². The van der Waals surface area contributed by atoms with Crippen molar-refractivity contribution in [3.8, 4) is 0 Å². The van der Waals surface area contributed by atoms with Gasteiger partial charge in [-0.2, -0.15) is 0 Å². The Balaban J connectivity index is 2.39. The Kier molecular flexibility index (Phi) is 5.23. The molecular weight excluding hydrogens is 472 g/mol. The lowest BCUT2D eigenvalue weighted by molar-refractivity contribution is 0.0602. The van der Waals surface area contributed by atoms with E-state index in [9.17, 15) is 9.59 Å². The highest BCUT2D eigenvalue weighted by molar-refractivity contribution is 9.11. The van der Waals surface area contributed by atoms with Crippen LogP contribution in [0.1, 0.15) is 20.8 Å². The van der Waals surface area contributed by atoms with Crippen molar-refractivity contribution < 1.29 is 14.3 Å². The molecule has 0 aliphatic rings. The number of benzene rings is 1. The average Bonchev–Trinajstić information content (AvgIpc) is 2.87. The first-order chi connectivity index (χ1) is 9.92. The molecule has 110 valence electrons. The molecule has 5 nitrogen and oxygen atoms in total. The van der Waals surface area contributed by atoms with E-state index in [4.69, 9.17) is 4.74 Å². The number of carbonyl (C=O) groups excluding carboxylic acids is 2. The van der Waals surface area contributed by atoms with E-state index in [1.165, 1.54) is 7.11 Å². The van der Waals surface area contributed by atoms with Crippen molar-refractivity contribution in [2.45, 2.75) is 0 Å². The third kappa shape index (κ3) is 3.75. The van der Waals surface area contributed by atoms with Gasteiger partial charge in [0.1, 0.15) is 5.69 Å². The van der Waals surface area contributed by atoms with Crippen molar-refractivity contribution >= 4 is 65.4 Å². The van der Waals surface area contributed by atoms with Crippen molar-refractivity contribution in [1.29, 1.82) is 0 Å². The van der Waals surface area contributed by atoms with Gasteiger partial charge in [0.05, 0.1) is 18.4 Å². The van der Waals surface area contributed by atoms with Crippen LogP contribution in [0.15, 0.2) is 37.8 Å². The zero-order valence-electron chi connectivity index (χ0n) is 10.7. The summed E-state index contributed by atoms with van der Waals surface area (Å²) in [5.41, 5.74) is 0.964. The Morgan fingerprint density at radius 1 is 1.14 bits per heavy atom. The smallest absolute Gasteiger partial charge is 0.340 e. The molecule has 8 heteroatoms. The summed E-state index contributed by atoms with van der Waals surface area (Å²) in [6, 6.07) is 4.95. The summed E-state index contributed by atoms with van der Waals surface area (Å²) in [6.07, 6.45) is 1.65. The maximum atomic E-state index is 12.2. The van der Waals surface area contributed by atoms with Gasteiger partial charge in [-0.1, -0.05) is 15.9 Å². The number of hydrogen-bond donors (Lipinski definition) is 2. The number of H-pyrrole nitrogens is 1. The number of hydrogen-bond acceptors (Lipinski definition) is 3. The van der Waals surface area contributed by atoms with Gasteiger partial charge in [-0.05, 0) is 50.1 Å². The highest BCUT2D eigenvalue weighted by Crippen LogP contribution is 2.31. The van der Waals surface area contributed by atoms with Crippen LogP contribution >= 0.6 is 47.8 Å². The minimum atomic E-state index is -0.542. The molecule has 2 rings (SSSR count). The molecular formula is C13H9Br3N2O3. The number of aromatic amines is 1. The Morgan fingerprint density at radius 2 is 1.86 bits per heavy atom. The van der Waals surface area contributed by atoms with Crippen molar-refractivity contribution in [1.82, 2.24) is 4.98 Å². The Bertz CT molecular complexity index is 713. The van der Waals surface area contributed by atoms with E-state index in [0.29, 0.717) is 20.3 Å². The van der Waals surface area contributed by atoms with Crippen LogP contribution in [0.2, 0.25) is 0 Å². The molecule has 0 saturated heterocycles. The molecule has 1 heterocycles. The lowest BCUT2D eigenvalue weighted by Crippen LogP contribution is -2.16. The first-order valence-corrected chi connectivity index (χ1v) is 8.03. The van der Waals surface area contributed by atoms with Gasteiger partial charge in [-0.3, -0.25) is 4.79 Å². The standard InChI is InChI=1S/C13H9Br3N2O3/c1-21-13(20)8-2-6(14)3-9(16)11(8)18-12(19)10-4-7(15)5-17-10/h2-5,17H,1H3,(H,18,19). The molecule has 0 aliphatic carbocycles. The molecule has 1 amide bonds. The molecule has 0 bridgehead atoms. The van der Waals surface area contributed by atoms with Crippen LogP contribution in [0.25, 0.3) is 0 Å². The minimum absolute atomic E-state index is 0.248. The van der Waals surface area contributed by atoms with Crippen LogP contribution in [0, 0.1) is 0 Å². The summed E-state index contributed by atoms with van der Waals surface area (Å²) < 4.78 is 6.75. The maximum absolute atomic E-state index is 12.2. The minimum Gasteiger partial charge on any atom is -0.465 e. The van der Waals surface area contributed by atoms with E-state index >= 15 is 0 Å². The molecule has 0 atom stereocenters. The van der Waals surface area contributed by atoms with Crippen LogP contribution < -0.4 is 5.32 Å². The monoisotopic (exact) mass is 478 g/mol. The zero-order valence-corrected chi connectivity index (χ0v) is 15.4. The van der Waals surface area contributed by atoms with Gasteiger partial charge in [-0.15, -0.1) is 0 Å². The third-order valence-electron chi connectivity index (χ3n) is 2.59. The number of amides is 1. The van der Waals surface area contributed by atoms with Crippen LogP contribution in [0.4, 0.5) is 5.69 Å². The largest absolute Gasteiger partial charge is 0.465 e. The lowest BCUT2D eigenvalue weighted by Gasteiger charge is -2.12. The number of esters is 1. The zero-order chi connectivity index (χ0) is 15.6. The molecule has 0 radical (unpaired) electrons. The number of aromatic nitrogens is 1. The topological polar surface area (TPSA) is 71.2 Å². The summed E-state index contributed by atoms with van der Waals surface area (Å²) in [6.45, 7) is 0. The van der Waals surface area contributed by atoms with E-state index in [1.807, 2.05) is 0 Å². The van der Waals surface area contributed by atoms with Crippen LogP contribution in [0.3, 0.4) is 0 Å². The van der Waals surface area contributed by atoms with Crippen LogP contribution in [-0.4, -0.2) is 24.0 Å². The Morgan fingerprint density at radius 3 is 2.43 bits per heavy atom. The highest BCUT2D eigenvalue weighted by Gasteiger charge is 2.19. The Labute approximate surface area is 145 Å². The van der Waals surface area contributed by atoms with Gasteiger partial charge in [0.15, 0.2) is 0 Å². The fraction of sp³-hybridized carbons (Fsp3) is 0.0769. The molecule has 0 unspecified atom stereocenters. The number of nitrogens with one attached hydrogen (secondary N) is 2. The third-order valence-corrected chi connectivity index (χ3v) is 4.13. The van der Waals surface area contributed by atoms with Crippen LogP contribution in [-0.2, 0) is 4.74 Å². The normalized spacial score (nSPS) is 10.3. The molecule has 2 aromatic rings. The average molecular weight is 481 g/mol. The lowest BCUT2D eigenvalue weighted by atomic mass is 10.1. The molecule has 2 N–H and O–H groups in total. The first kappa shape index (κ1) is 16.3. The summed E-state index contributed by atoms with van der Waals surface area (Å²) in [4.78, 5) is 26.8. The second kappa shape index (κ2) is 6.76. The highest BCUT2D eigenvalue weighted by atomic mass is 79.9. The quantitative estimate of drug-likeness (QED) is 0.642. The van der Waals surface area contributed by atoms with Crippen molar-refractivity contribution in [2.75, 3.05) is 12.4 Å². The first-order valence-electron chi connectivity index (χ1n) is 5.65. The number of ether oxygens (including phenoxy) is 1. The van der Waals surface area contributed by atoms with E-state index in [-0.39, 0.29) is 11.5 Å². The summed E-state index contributed by atoms with van der Waals surface area (Å²) >= 11 is 9.88. The molecule has 1 aromatic heterocycles. The predicted octanol–water partition coefficient (Wildman–Crippen LogP) is 4.34. The summed E-state index contributed by atoms with van der Waals surface area (Å²) in [5.74, 6) is -0.908. The summed E-state index contributed by atoms with van der Waals surface area (Å²) in [5, 5.41) is 2.69. The Hall–Kier alpha value is -1.12. The van der Waals surface area contributed by atoms with Gasteiger partial charge < -0.3 is 15.0 Å². The molecule has 0 fully saturated rings. The predicted molar refractivity (Wildman–Crippen MR) is 89.6 cm³/mol. The molecule has 0 spiro atoms. The molecule has 0 saturated carbocycles. The number of carbonyl (C=O) groups is 2. The number of methoxy groups -OCH3 is 1. The van der Waals surface area contributed by atoms with Gasteiger partial charge in [0.25, 0.3) is 5.91 Å². The second-order valence-corrected chi connectivity index (χ2v) is 6.67. The van der Waals surface area contributed by atoms with E-state index in [1.54, 1.807) is 24.4 Å². The van der Waals surface area contributed by atoms with Gasteiger partial charge in [0, 0.05) is 19.6 Å². The summed E-state index contributed by atoms with van der Waals surface area (Å²) in [7, 11) is 1.28. The molecule has 1 aromatic carbocycles. The molecule has 21 heavy (non-hydrogen) atoms. The number of anilines is 1. The maximum Gasteiger partial charge on any atom is 0.340 e. The molecule has 0 aliphatic heterocycles. The van der Waals surface area contributed by atoms with E-state index < -0.39 is 5.97 Å². The van der Waals surface area contributed by atoms with Gasteiger partial charge in [-0.25, -0.2) is 4.79 Å². The number of halogens is 3. The van der Waals surface area contributed by atoms with E-state index in [0.717, 1.165) is 4.47 Å².